The highest BCUT2D eigenvalue weighted by molar-refractivity contribution is 7.09. The van der Waals surface area contributed by atoms with E-state index in [-0.39, 0.29) is 17.2 Å². The number of piperidine rings is 1. The zero-order chi connectivity index (χ0) is 20.8. The van der Waals surface area contributed by atoms with E-state index in [1.54, 1.807) is 23.6 Å². The molecule has 1 N–H and O–H groups in total. The summed E-state index contributed by atoms with van der Waals surface area (Å²) in [5.41, 5.74) is 0.422. The van der Waals surface area contributed by atoms with Crippen LogP contribution >= 0.6 is 11.3 Å². The number of nitrogens with zero attached hydrogens (tertiary/aromatic N) is 4. The van der Waals surface area contributed by atoms with Crippen molar-refractivity contribution in [1.82, 2.24) is 24.4 Å². The summed E-state index contributed by atoms with van der Waals surface area (Å²) in [6.45, 7) is 3.43. The van der Waals surface area contributed by atoms with Gasteiger partial charge in [-0.3, -0.25) is 19.1 Å². The van der Waals surface area contributed by atoms with Crippen LogP contribution in [0.2, 0.25) is 0 Å². The highest BCUT2D eigenvalue weighted by Crippen LogP contribution is 2.40. The van der Waals surface area contributed by atoms with Crippen molar-refractivity contribution in [2.24, 2.45) is 0 Å². The van der Waals surface area contributed by atoms with Crippen molar-refractivity contribution in [3.63, 3.8) is 0 Å². The van der Waals surface area contributed by atoms with E-state index in [1.165, 1.54) is 4.57 Å². The first kappa shape index (κ1) is 19.2. The van der Waals surface area contributed by atoms with Crippen LogP contribution in [0.3, 0.4) is 0 Å². The first-order valence-electron chi connectivity index (χ1n) is 10.4. The molecule has 8 nitrogen and oxygen atoms in total. The molecule has 0 radical (unpaired) electrons. The van der Waals surface area contributed by atoms with Gasteiger partial charge < -0.3 is 4.90 Å². The van der Waals surface area contributed by atoms with E-state index in [0.717, 1.165) is 36.4 Å². The summed E-state index contributed by atoms with van der Waals surface area (Å²) < 4.78 is 1.44. The Hall–Kier alpha value is -2.81. The summed E-state index contributed by atoms with van der Waals surface area (Å²) >= 11 is 1.61. The van der Waals surface area contributed by atoms with Crippen LogP contribution in [0.1, 0.15) is 65.5 Å². The lowest BCUT2D eigenvalue weighted by molar-refractivity contribution is 0.0708. The third-order valence-electron chi connectivity index (χ3n) is 6.02. The Morgan fingerprint density at radius 2 is 2.10 bits per heavy atom. The fraction of sp³-hybridized carbons (Fsp3) is 0.476. The SMILES string of the molecule is CCn1c(=O)[nH]c(=O)c2c(C(=O)N3CCCC(c4nccs4)C3)cc(C3CC3)nc21. The molecule has 0 spiro atoms. The van der Waals surface area contributed by atoms with Gasteiger partial charge in [-0.1, -0.05) is 0 Å². The summed E-state index contributed by atoms with van der Waals surface area (Å²) in [6, 6.07) is 1.77. The number of fused-ring (bicyclic) bond motifs is 1. The van der Waals surface area contributed by atoms with E-state index in [1.807, 2.05) is 17.2 Å². The van der Waals surface area contributed by atoms with Crippen molar-refractivity contribution in [3.8, 4) is 0 Å². The Bertz CT molecular complexity index is 1230. The smallest absolute Gasteiger partial charge is 0.329 e. The molecule has 1 unspecified atom stereocenters. The van der Waals surface area contributed by atoms with Crippen molar-refractivity contribution in [3.05, 3.63) is 54.7 Å². The van der Waals surface area contributed by atoms with Crippen molar-refractivity contribution < 1.29 is 4.79 Å². The number of aryl methyl sites for hydroxylation is 1. The lowest BCUT2D eigenvalue weighted by Gasteiger charge is -2.32. The van der Waals surface area contributed by atoms with Crippen molar-refractivity contribution >= 4 is 28.3 Å². The fourth-order valence-corrected chi connectivity index (χ4v) is 5.08. The molecule has 1 atom stereocenters. The van der Waals surface area contributed by atoms with E-state index in [0.29, 0.717) is 36.8 Å². The van der Waals surface area contributed by atoms with Gasteiger partial charge in [0, 0.05) is 48.7 Å². The molecule has 1 aliphatic carbocycles. The van der Waals surface area contributed by atoms with Gasteiger partial charge in [0.15, 0.2) is 5.65 Å². The van der Waals surface area contributed by atoms with Gasteiger partial charge in [-0.2, -0.15) is 0 Å². The number of rotatable bonds is 4. The summed E-state index contributed by atoms with van der Waals surface area (Å²) in [6.07, 6.45) is 5.72. The number of aromatic amines is 1. The standard InChI is InChI=1S/C21H23N5O3S/c1-2-26-17-16(18(27)24-21(26)29)14(10-15(23-17)12-5-6-12)20(28)25-8-3-4-13(11-25)19-22-7-9-30-19/h7,9-10,12-13H,2-6,8,11H2,1H3,(H,24,27,29). The molecule has 1 aliphatic heterocycles. The molecule has 5 rings (SSSR count). The van der Waals surface area contributed by atoms with Gasteiger partial charge in [0.05, 0.1) is 16.0 Å². The number of carbonyl (C=O) groups is 1. The Morgan fingerprint density at radius 3 is 2.80 bits per heavy atom. The van der Waals surface area contributed by atoms with Crippen molar-refractivity contribution in [1.29, 1.82) is 0 Å². The molecule has 156 valence electrons. The van der Waals surface area contributed by atoms with Crippen LogP contribution in [0.25, 0.3) is 11.0 Å². The highest BCUT2D eigenvalue weighted by Gasteiger charge is 2.32. The maximum atomic E-state index is 13.6. The van der Waals surface area contributed by atoms with Gasteiger partial charge in [0.25, 0.3) is 11.5 Å². The summed E-state index contributed by atoms with van der Waals surface area (Å²) in [5.74, 6) is 0.341. The van der Waals surface area contributed by atoms with Gasteiger partial charge in [0.1, 0.15) is 0 Å². The van der Waals surface area contributed by atoms with E-state index < -0.39 is 11.2 Å². The topological polar surface area (TPSA) is 101 Å². The molecule has 1 saturated carbocycles. The monoisotopic (exact) mass is 425 g/mol. The summed E-state index contributed by atoms with van der Waals surface area (Å²) in [5, 5.41) is 3.21. The number of aromatic nitrogens is 4. The molecule has 1 saturated heterocycles. The van der Waals surface area contributed by atoms with Crippen LogP contribution in [0, 0.1) is 0 Å². The van der Waals surface area contributed by atoms with Crippen LogP contribution in [0.15, 0.2) is 27.2 Å². The maximum Gasteiger partial charge on any atom is 0.329 e. The van der Waals surface area contributed by atoms with Crippen LogP contribution in [-0.2, 0) is 6.54 Å². The van der Waals surface area contributed by atoms with E-state index in [2.05, 4.69) is 15.0 Å². The molecule has 2 fully saturated rings. The third kappa shape index (κ3) is 3.27. The summed E-state index contributed by atoms with van der Waals surface area (Å²) in [7, 11) is 0. The average molecular weight is 426 g/mol. The molecule has 30 heavy (non-hydrogen) atoms. The van der Waals surface area contributed by atoms with Crippen LogP contribution < -0.4 is 11.2 Å². The van der Waals surface area contributed by atoms with Crippen LogP contribution in [0.4, 0.5) is 0 Å². The quantitative estimate of drug-likeness (QED) is 0.692. The Kier molecular flexibility index (Phi) is 4.77. The zero-order valence-electron chi connectivity index (χ0n) is 16.8. The first-order valence-corrected chi connectivity index (χ1v) is 11.3. The molecule has 0 aromatic carbocycles. The van der Waals surface area contributed by atoms with E-state index in [4.69, 9.17) is 0 Å². The number of amides is 1. The number of likely N-dealkylation sites (tertiary alicyclic amines) is 1. The van der Waals surface area contributed by atoms with Gasteiger partial charge >= 0.3 is 5.69 Å². The minimum Gasteiger partial charge on any atom is -0.338 e. The van der Waals surface area contributed by atoms with Gasteiger partial charge in [-0.05, 0) is 38.7 Å². The number of carbonyl (C=O) groups excluding carboxylic acids is 1. The van der Waals surface area contributed by atoms with Gasteiger partial charge in [0.2, 0.25) is 0 Å². The number of H-pyrrole nitrogens is 1. The fourth-order valence-electron chi connectivity index (χ4n) is 4.31. The second-order valence-corrected chi connectivity index (χ2v) is 8.96. The number of hydrogen-bond donors (Lipinski definition) is 1. The Morgan fingerprint density at radius 1 is 1.27 bits per heavy atom. The van der Waals surface area contributed by atoms with Crippen LogP contribution in [0.5, 0.6) is 0 Å². The van der Waals surface area contributed by atoms with E-state index in [9.17, 15) is 14.4 Å². The van der Waals surface area contributed by atoms with Crippen molar-refractivity contribution in [2.75, 3.05) is 13.1 Å². The van der Waals surface area contributed by atoms with Crippen LogP contribution in [-0.4, -0.2) is 43.4 Å². The number of nitrogens with one attached hydrogen (secondary N) is 1. The number of pyridine rings is 1. The van der Waals surface area contributed by atoms with Gasteiger partial charge in [-0.25, -0.2) is 14.8 Å². The first-order chi connectivity index (χ1) is 14.6. The molecular formula is C21H23N5O3S. The second kappa shape index (κ2) is 7.46. The molecule has 0 bridgehead atoms. The Labute approximate surface area is 176 Å². The number of thiazole rings is 1. The zero-order valence-corrected chi connectivity index (χ0v) is 17.6. The van der Waals surface area contributed by atoms with Crippen molar-refractivity contribution in [2.45, 2.75) is 51.0 Å². The average Bonchev–Trinajstić information content (AvgIpc) is 3.46. The molecule has 9 heteroatoms. The van der Waals surface area contributed by atoms with Gasteiger partial charge in [-0.15, -0.1) is 11.3 Å². The third-order valence-corrected chi connectivity index (χ3v) is 6.96. The lowest BCUT2D eigenvalue weighted by Crippen LogP contribution is -2.40. The summed E-state index contributed by atoms with van der Waals surface area (Å²) in [4.78, 5) is 51.9. The van der Waals surface area contributed by atoms with E-state index >= 15 is 0 Å². The molecule has 2 aliphatic rings. The molecule has 4 heterocycles. The largest absolute Gasteiger partial charge is 0.338 e. The molecule has 3 aromatic rings. The normalized spacial score (nSPS) is 19.4. The predicted molar refractivity (Wildman–Crippen MR) is 114 cm³/mol. The Balaban J connectivity index is 1.61. The molecule has 3 aromatic heterocycles. The lowest BCUT2D eigenvalue weighted by atomic mass is 9.97. The highest BCUT2D eigenvalue weighted by atomic mass is 32.1. The molecular weight excluding hydrogens is 402 g/mol. The number of hydrogen-bond acceptors (Lipinski definition) is 6. The predicted octanol–water partition coefficient (Wildman–Crippen LogP) is 2.46. The molecule has 1 amide bonds. The minimum absolute atomic E-state index is 0.169. The minimum atomic E-state index is -0.550. The maximum absolute atomic E-state index is 13.6. The second-order valence-electron chi connectivity index (χ2n) is 8.03.